The van der Waals surface area contributed by atoms with Crippen molar-refractivity contribution in [2.75, 3.05) is 0 Å². The molecule has 88 valence electrons. The summed E-state index contributed by atoms with van der Waals surface area (Å²) in [5.74, 6) is -1.11. The van der Waals surface area contributed by atoms with Crippen molar-refractivity contribution in [2.45, 2.75) is 13.3 Å². The number of hydrogen-bond donors (Lipinski definition) is 0. The molecule has 0 N–H and O–H groups in total. The molecule has 1 aromatic heterocycles. The first-order valence-corrected chi connectivity index (χ1v) is 6.18. The van der Waals surface area contributed by atoms with Gasteiger partial charge in [0.2, 0.25) is 0 Å². The minimum atomic E-state index is -1.11. The van der Waals surface area contributed by atoms with Crippen LogP contribution in [-0.2, 0) is 11.2 Å². The Labute approximate surface area is 108 Å². The standard InChI is InChI=1S/C12H10ClNO2S/c1-7-10(6-11(15)16)14-12(17-7)8-2-4-9(13)5-3-8/h2-5H,6H2,1H3,(H,15,16)/p-1. The topological polar surface area (TPSA) is 53.0 Å². The van der Waals surface area contributed by atoms with Crippen molar-refractivity contribution >= 4 is 28.9 Å². The van der Waals surface area contributed by atoms with Crippen molar-refractivity contribution < 1.29 is 9.90 Å². The first-order valence-electron chi connectivity index (χ1n) is 4.98. The fraction of sp³-hybridized carbons (Fsp3) is 0.167. The van der Waals surface area contributed by atoms with E-state index in [2.05, 4.69) is 4.98 Å². The summed E-state index contributed by atoms with van der Waals surface area (Å²) in [5, 5.41) is 12.0. The molecule has 0 unspecified atom stereocenters. The van der Waals surface area contributed by atoms with E-state index in [1.165, 1.54) is 11.3 Å². The van der Waals surface area contributed by atoms with Gasteiger partial charge in [0.15, 0.2) is 0 Å². The number of aromatic nitrogens is 1. The Kier molecular flexibility index (Phi) is 3.45. The van der Waals surface area contributed by atoms with Crippen LogP contribution >= 0.6 is 22.9 Å². The van der Waals surface area contributed by atoms with Crippen molar-refractivity contribution in [3.8, 4) is 10.6 Å². The molecule has 0 saturated carbocycles. The van der Waals surface area contributed by atoms with Gasteiger partial charge >= 0.3 is 0 Å². The van der Waals surface area contributed by atoms with Crippen molar-refractivity contribution in [3.63, 3.8) is 0 Å². The minimum Gasteiger partial charge on any atom is -0.550 e. The quantitative estimate of drug-likeness (QED) is 0.855. The molecule has 0 aliphatic carbocycles. The smallest absolute Gasteiger partial charge is 0.123 e. The summed E-state index contributed by atoms with van der Waals surface area (Å²) >= 11 is 7.27. The molecule has 0 aliphatic heterocycles. The lowest BCUT2D eigenvalue weighted by Crippen LogP contribution is -2.24. The summed E-state index contributed by atoms with van der Waals surface area (Å²) in [6.45, 7) is 1.86. The van der Waals surface area contributed by atoms with Crippen LogP contribution in [0, 0.1) is 6.92 Å². The number of carboxylic acids is 1. The molecule has 2 aromatic rings. The van der Waals surface area contributed by atoms with E-state index in [9.17, 15) is 9.90 Å². The Morgan fingerprint density at radius 2 is 2.06 bits per heavy atom. The molecule has 0 aliphatic rings. The molecule has 1 heterocycles. The zero-order valence-corrected chi connectivity index (χ0v) is 10.6. The van der Waals surface area contributed by atoms with E-state index in [-0.39, 0.29) is 6.42 Å². The Balaban J connectivity index is 2.34. The summed E-state index contributed by atoms with van der Waals surface area (Å²) in [6, 6.07) is 7.30. The van der Waals surface area contributed by atoms with Gasteiger partial charge in [-0.3, -0.25) is 0 Å². The van der Waals surface area contributed by atoms with Gasteiger partial charge in [0.25, 0.3) is 0 Å². The molecule has 0 radical (unpaired) electrons. The first-order chi connectivity index (χ1) is 8.06. The predicted molar refractivity (Wildman–Crippen MR) is 66.0 cm³/mol. The number of aliphatic carboxylic acids is 1. The van der Waals surface area contributed by atoms with Gasteiger partial charge in [-0.2, -0.15) is 0 Å². The highest BCUT2D eigenvalue weighted by Gasteiger charge is 2.09. The highest BCUT2D eigenvalue weighted by atomic mass is 35.5. The molecule has 0 fully saturated rings. The van der Waals surface area contributed by atoms with E-state index in [4.69, 9.17) is 11.6 Å². The third-order valence-corrected chi connectivity index (χ3v) is 3.61. The highest BCUT2D eigenvalue weighted by molar-refractivity contribution is 7.15. The fourth-order valence-electron chi connectivity index (χ4n) is 1.44. The molecule has 2 rings (SSSR count). The van der Waals surface area contributed by atoms with Crippen LogP contribution in [-0.4, -0.2) is 11.0 Å². The second-order valence-electron chi connectivity index (χ2n) is 3.58. The number of aryl methyl sites for hydroxylation is 1. The molecule has 0 amide bonds. The summed E-state index contributed by atoms with van der Waals surface area (Å²) in [4.78, 5) is 15.8. The summed E-state index contributed by atoms with van der Waals surface area (Å²) in [5.41, 5.74) is 1.51. The van der Waals surface area contributed by atoms with Crippen LogP contribution in [0.15, 0.2) is 24.3 Å². The average molecular weight is 267 g/mol. The van der Waals surface area contributed by atoms with E-state index in [0.717, 1.165) is 15.4 Å². The monoisotopic (exact) mass is 266 g/mol. The molecule has 0 spiro atoms. The maximum Gasteiger partial charge on any atom is 0.123 e. The first kappa shape index (κ1) is 12.1. The van der Waals surface area contributed by atoms with Crippen LogP contribution in [0.25, 0.3) is 10.6 Å². The van der Waals surface area contributed by atoms with E-state index < -0.39 is 5.97 Å². The van der Waals surface area contributed by atoms with E-state index in [1.54, 1.807) is 12.1 Å². The lowest BCUT2D eigenvalue weighted by Gasteiger charge is -1.98. The molecular weight excluding hydrogens is 258 g/mol. The number of carboxylic acid groups (broad SMARTS) is 1. The van der Waals surface area contributed by atoms with Gasteiger partial charge in [0.05, 0.1) is 5.69 Å². The third-order valence-electron chi connectivity index (χ3n) is 2.30. The number of hydrogen-bond acceptors (Lipinski definition) is 4. The zero-order chi connectivity index (χ0) is 12.4. The number of rotatable bonds is 3. The Hall–Kier alpha value is -1.39. The Morgan fingerprint density at radius 3 is 2.65 bits per heavy atom. The molecule has 0 atom stereocenters. The maximum absolute atomic E-state index is 10.5. The lowest BCUT2D eigenvalue weighted by atomic mass is 10.2. The molecule has 1 aromatic carbocycles. The number of halogens is 1. The second kappa shape index (κ2) is 4.85. The van der Waals surface area contributed by atoms with Gasteiger partial charge in [-0.1, -0.05) is 23.7 Å². The molecular formula is C12H9ClNO2S-. The highest BCUT2D eigenvalue weighted by Crippen LogP contribution is 2.28. The average Bonchev–Trinajstić information content (AvgIpc) is 2.60. The molecule has 5 heteroatoms. The van der Waals surface area contributed by atoms with Gasteiger partial charge in [-0.25, -0.2) is 4.98 Å². The van der Waals surface area contributed by atoms with Gasteiger partial charge in [-0.05, 0) is 19.1 Å². The van der Waals surface area contributed by atoms with Crippen LogP contribution in [0.4, 0.5) is 0 Å². The largest absolute Gasteiger partial charge is 0.550 e. The van der Waals surface area contributed by atoms with E-state index in [1.807, 2.05) is 19.1 Å². The minimum absolute atomic E-state index is 0.143. The van der Waals surface area contributed by atoms with E-state index in [0.29, 0.717) is 10.7 Å². The van der Waals surface area contributed by atoms with E-state index >= 15 is 0 Å². The Morgan fingerprint density at radius 1 is 1.41 bits per heavy atom. The van der Waals surface area contributed by atoms with Gasteiger partial charge < -0.3 is 9.90 Å². The van der Waals surface area contributed by atoms with Crippen LogP contribution in [0.2, 0.25) is 5.02 Å². The van der Waals surface area contributed by atoms with Crippen molar-refractivity contribution in [1.29, 1.82) is 0 Å². The predicted octanol–water partition coefficient (Wildman–Crippen LogP) is 2.06. The molecule has 0 saturated heterocycles. The number of thiazole rings is 1. The molecule has 17 heavy (non-hydrogen) atoms. The van der Waals surface area contributed by atoms with Crippen molar-refractivity contribution in [1.82, 2.24) is 4.98 Å². The third kappa shape index (κ3) is 2.84. The summed E-state index contributed by atoms with van der Waals surface area (Å²) in [6.07, 6.45) is -0.143. The van der Waals surface area contributed by atoms with Gasteiger partial charge in [-0.15, -0.1) is 11.3 Å². The lowest BCUT2D eigenvalue weighted by molar-refractivity contribution is -0.304. The number of carbonyl (C=O) groups excluding carboxylic acids is 1. The molecule has 0 bridgehead atoms. The normalized spacial score (nSPS) is 10.5. The van der Waals surface area contributed by atoms with Crippen LogP contribution in [0.5, 0.6) is 0 Å². The number of carbonyl (C=O) groups is 1. The van der Waals surface area contributed by atoms with Gasteiger partial charge in [0, 0.05) is 27.9 Å². The Bertz CT molecular complexity index is 548. The van der Waals surface area contributed by atoms with Crippen LogP contribution in [0.3, 0.4) is 0 Å². The zero-order valence-electron chi connectivity index (χ0n) is 9.07. The number of nitrogens with zero attached hydrogens (tertiary/aromatic N) is 1. The van der Waals surface area contributed by atoms with Crippen LogP contribution in [0.1, 0.15) is 10.6 Å². The molecule has 3 nitrogen and oxygen atoms in total. The van der Waals surface area contributed by atoms with Crippen LogP contribution < -0.4 is 5.11 Å². The second-order valence-corrected chi connectivity index (χ2v) is 5.22. The fourth-order valence-corrected chi connectivity index (χ4v) is 2.51. The summed E-state index contributed by atoms with van der Waals surface area (Å²) in [7, 11) is 0. The van der Waals surface area contributed by atoms with Gasteiger partial charge in [0.1, 0.15) is 5.01 Å². The van der Waals surface area contributed by atoms with Crippen molar-refractivity contribution in [2.24, 2.45) is 0 Å². The number of benzene rings is 1. The SMILES string of the molecule is Cc1sc(-c2ccc(Cl)cc2)nc1CC(=O)[O-]. The van der Waals surface area contributed by atoms with Crippen molar-refractivity contribution in [3.05, 3.63) is 39.9 Å². The maximum atomic E-state index is 10.5. The summed E-state index contributed by atoms with van der Waals surface area (Å²) < 4.78 is 0.